The molecule has 106 valence electrons. The van der Waals surface area contributed by atoms with E-state index < -0.39 is 0 Å². The molecule has 3 atom stereocenters. The van der Waals surface area contributed by atoms with Gasteiger partial charge in [0.15, 0.2) is 0 Å². The number of likely N-dealkylation sites (N-methyl/N-ethyl adjacent to an activating group) is 1. The van der Waals surface area contributed by atoms with Crippen LogP contribution in [0.5, 0.6) is 0 Å². The predicted octanol–water partition coefficient (Wildman–Crippen LogP) is 2.14. The Bertz CT molecular complexity index is 253. The first-order chi connectivity index (χ1) is 8.74. The van der Waals surface area contributed by atoms with E-state index in [4.69, 9.17) is 0 Å². The zero-order valence-electron chi connectivity index (χ0n) is 12.1. The zero-order valence-corrected chi connectivity index (χ0v) is 12.1. The summed E-state index contributed by atoms with van der Waals surface area (Å²) in [5.74, 6) is 0. The predicted molar refractivity (Wildman–Crippen MR) is 75.8 cm³/mol. The lowest BCUT2D eigenvalue weighted by molar-refractivity contribution is 0.115. The van der Waals surface area contributed by atoms with E-state index in [0.717, 1.165) is 18.9 Å². The van der Waals surface area contributed by atoms with Crippen LogP contribution in [0.3, 0.4) is 0 Å². The second-order valence-electron chi connectivity index (χ2n) is 6.23. The van der Waals surface area contributed by atoms with Gasteiger partial charge in [-0.15, -0.1) is 0 Å². The Labute approximate surface area is 112 Å². The van der Waals surface area contributed by atoms with Crippen LogP contribution in [0.2, 0.25) is 0 Å². The standard InChI is InChI=1S/C15H30N2O/c1-3-13-7-5-4-6-10-17(13)14-8-9-15(11-14,12-18)16-2/h13-14,16,18H,3-12H2,1-2H3. The summed E-state index contributed by atoms with van der Waals surface area (Å²) < 4.78 is 0. The topological polar surface area (TPSA) is 35.5 Å². The highest BCUT2D eigenvalue weighted by atomic mass is 16.3. The van der Waals surface area contributed by atoms with Crippen LogP contribution in [0, 0.1) is 0 Å². The quantitative estimate of drug-likeness (QED) is 0.807. The van der Waals surface area contributed by atoms with Crippen molar-refractivity contribution < 1.29 is 5.11 Å². The molecule has 0 aromatic rings. The summed E-state index contributed by atoms with van der Waals surface area (Å²) in [5, 5.41) is 13.0. The summed E-state index contributed by atoms with van der Waals surface area (Å²) in [7, 11) is 2.00. The van der Waals surface area contributed by atoms with Crippen molar-refractivity contribution in [1.82, 2.24) is 10.2 Å². The van der Waals surface area contributed by atoms with Crippen molar-refractivity contribution in [1.29, 1.82) is 0 Å². The van der Waals surface area contributed by atoms with Crippen molar-refractivity contribution in [2.24, 2.45) is 0 Å². The number of hydrogen-bond donors (Lipinski definition) is 2. The van der Waals surface area contributed by atoms with Gasteiger partial charge in [0.05, 0.1) is 6.61 Å². The van der Waals surface area contributed by atoms with Crippen LogP contribution in [0.25, 0.3) is 0 Å². The molecule has 0 bridgehead atoms. The highest BCUT2D eigenvalue weighted by molar-refractivity contribution is 4.99. The molecule has 2 N–H and O–H groups in total. The summed E-state index contributed by atoms with van der Waals surface area (Å²) >= 11 is 0. The molecule has 1 aliphatic heterocycles. The molecule has 0 spiro atoms. The highest BCUT2D eigenvalue weighted by Crippen LogP contribution is 2.35. The van der Waals surface area contributed by atoms with Gasteiger partial charge in [0, 0.05) is 17.6 Å². The minimum Gasteiger partial charge on any atom is -0.394 e. The maximum Gasteiger partial charge on any atom is 0.0613 e. The smallest absolute Gasteiger partial charge is 0.0613 e. The number of aliphatic hydroxyl groups excluding tert-OH is 1. The molecule has 1 aliphatic carbocycles. The first kappa shape index (κ1) is 14.3. The van der Waals surface area contributed by atoms with E-state index in [9.17, 15) is 5.11 Å². The summed E-state index contributed by atoms with van der Waals surface area (Å²) in [5.41, 5.74) is -0.00470. The molecule has 0 aromatic carbocycles. The van der Waals surface area contributed by atoms with Crippen LogP contribution >= 0.6 is 0 Å². The molecule has 3 nitrogen and oxygen atoms in total. The van der Waals surface area contributed by atoms with Gasteiger partial charge >= 0.3 is 0 Å². The second kappa shape index (κ2) is 6.36. The van der Waals surface area contributed by atoms with Gasteiger partial charge in [0.1, 0.15) is 0 Å². The maximum atomic E-state index is 9.63. The Morgan fingerprint density at radius 1 is 1.28 bits per heavy atom. The van der Waals surface area contributed by atoms with E-state index in [1.165, 1.54) is 45.1 Å². The van der Waals surface area contributed by atoms with Gasteiger partial charge in [0.2, 0.25) is 0 Å². The number of hydrogen-bond acceptors (Lipinski definition) is 3. The van der Waals surface area contributed by atoms with Crippen molar-refractivity contribution in [3.05, 3.63) is 0 Å². The lowest BCUT2D eigenvalue weighted by Crippen LogP contribution is -2.47. The van der Waals surface area contributed by atoms with Gasteiger partial charge in [-0.05, 0) is 52.1 Å². The SMILES string of the molecule is CCC1CCCCCN1C1CCC(CO)(NC)C1. The second-order valence-corrected chi connectivity index (χ2v) is 6.23. The average Bonchev–Trinajstić information content (AvgIpc) is 2.70. The Balaban J connectivity index is 2.01. The number of likely N-dealkylation sites (tertiary alicyclic amines) is 1. The molecule has 18 heavy (non-hydrogen) atoms. The Morgan fingerprint density at radius 2 is 2.11 bits per heavy atom. The van der Waals surface area contributed by atoms with Crippen molar-refractivity contribution in [2.75, 3.05) is 20.2 Å². The molecule has 0 radical (unpaired) electrons. The summed E-state index contributed by atoms with van der Waals surface area (Å²) in [4.78, 5) is 2.77. The number of nitrogens with zero attached hydrogens (tertiary/aromatic N) is 1. The van der Waals surface area contributed by atoms with Gasteiger partial charge < -0.3 is 10.4 Å². The molecule has 1 saturated carbocycles. The lowest BCUT2D eigenvalue weighted by Gasteiger charge is -2.36. The normalized spacial score (nSPS) is 38.8. The monoisotopic (exact) mass is 254 g/mol. The zero-order chi connectivity index (χ0) is 13.0. The molecule has 1 heterocycles. The van der Waals surface area contributed by atoms with Gasteiger partial charge in [-0.1, -0.05) is 19.8 Å². The minimum atomic E-state index is -0.00470. The highest BCUT2D eigenvalue weighted by Gasteiger charge is 2.41. The Hall–Kier alpha value is -0.120. The molecule has 0 aromatic heterocycles. The molecule has 3 unspecified atom stereocenters. The van der Waals surface area contributed by atoms with Gasteiger partial charge in [0.25, 0.3) is 0 Å². The summed E-state index contributed by atoms with van der Waals surface area (Å²) in [6, 6.07) is 1.47. The van der Waals surface area contributed by atoms with Crippen molar-refractivity contribution in [2.45, 2.75) is 75.9 Å². The Kier molecular flexibility index (Phi) is 5.05. The van der Waals surface area contributed by atoms with Crippen LogP contribution in [0.15, 0.2) is 0 Å². The van der Waals surface area contributed by atoms with Crippen LogP contribution < -0.4 is 5.32 Å². The van der Waals surface area contributed by atoms with Gasteiger partial charge in [-0.25, -0.2) is 0 Å². The number of aliphatic hydroxyl groups is 1. The van der Waals surface area contributed by atoms with Crippen LogP contribution in [-0.2, 0) is 0 Å². The largest absolute Gasteiger partial charge is 0.394 e. The maximum absolute atomic E-state index is 9.63. The average molecular weight is 254 g/mol. The molecule has 0 amide bonds. The van der Waals surface area contributed by atoms with Crippen molar-refractivity contribution >= 4 is 0 Å². The van der Waals surface area contributed by atoms with Crippen molar-refractivity contribution in [3.8, 4) is 0 Å². The number of nitrogens with one attached hydrogen (secondary N) is 1. The Morgan fingerprint density at radius 3 is 2.72 bits per heavy atom. The molecule has 2 fully saturated rings. The first-order valence-corrected chi connectivity index (χ1v) is 7.80. The summed E-state index contributed by atoms with van der Waals surface area (Å²) in [6.45, 7) is 3.88. The van der Waals surface area contributed by atoms with Crippen LogP contribution in [0.4, 0.5) is 0 Å². The third-order valence-corrected chi connectivity index (χ3v) is 5.28. The molecule has 3 heteroatoms. The molecule has 2 rings (SSSR count). The molecular weight excluding hydrogens is 224 g/mol. The minimum absolute atomic E-state index is 0.00470. The van der Waals surface area contributed by atoms with E-state index in [2.05, 4.69) is 17.1 Å². The lowest BCUT2D eigenvalue weighted by atomic mass is 9.98. The summed E-state index contributed by atoms with van der Waals surface area (Å²) in [6.07, 6.45) is 10.3. The fourth-order valence-corrected chi connectivity index (χ4v) is 3.95. The van der Waals surface area contributed by atoms with E-state index in [-0.39, 0.29) is 12.1 Å². The molecule has 1 saturated heterocycles. The van der Waals surface area contributed by atoms with Gasteiger partial charge in [-0.2, -0.15) is 0 Å². The van der Waals surface area contributed by atoms with Gasteiger partial charge in [-0.3, -0.25) is 4.90 Å². The van der Waals surface area contributed by atoms with Crippen molar-refractivity contribution in [3.63, 3.8) is 0 Å². The van der Waals surface area contributed by atoms with Crippen LogP contribution in [-0.4, -0.2) is 47.8 Å². The third kappa shape index (κ3) is 2.89. The van der Waals surface area contributed by atoms with E-state index in [1.54, 1.807) is 0 Å². The first-order valence-electron chi connectivity index (χ1n) is 7.80. The molecule has 2 aliphatic rings. The fourth-order valence-electron chi connectivity index (χ4n) is 3.95. The number of rotatable bonds is 4. The van der Waals surface area contributed by atoms with E-state index in [0.29, 0.717) is 6.04 Å². The fraction of sp³-hybridized carbons (Fsp3) is 1.00. The van der Waals surface area contributed by atoms with E-state index >= 15 is 0 Å². The van der Waals surface area contributed by atoms with Crippen LogP contribution in [0.1, 0.15) is 58.3 Å². The van der Waals surface area contributed by atoms with E-state index in [1.807, 2.05) is 7.05 Å². The molecular formula is C15H30N2O. The third-order valence-electron chi connectivity index (χ3n) is 5.28.